The van der Waals surface area contributed by atoms with Gasteiger partial charge in [0.2, 0.25) is 0 Å². The average molecular weight is 253 g/mol. The molecule has 2 rings (SSSR count). The van der Waals surface area contributed by atoms with Crippen molar-refractivity contribution in [1.82, 2.24) is 9.78 Å². The van der Waals surface area contributed by atoms with E-state index in [0.717, 1.165) is 21.2 Å². The van der Waals surface area contributed by atoms with Gasteiger partial charge in [-0.1, -0.05) is 23.7 Å². The minimum atomic E-state index is 0.777. The number of aryl methyl sites for hydroxylation is 2. The van der Waals surface area contributed by atoms with Crippen molar-refractivity contribution in [3.63, 3.8) is 0 Å². The molecule has 1 aromatic carbocycles. The van der Waals surface area contributed by atoms with E-state index < -0.39 is 0 Å². The predicted molar refractivity (Wildman–Crippen MR) is 70.2 cm³/mol. The van der Waals surface area contributed by atoms with E-state index in [9.17, 15) is 0 Å². The average Bonchev–Trinajstić information content (AvgIpc) is 2.60. The molecule has 0 bridgehead atoms. The summed E-state index contributed by atoms with van der Waals surface area (Å²) in [6.45, 7) is 2.04. The molecular formula is C12H13ClN2S. The highest BCUT2D eigenvalue weighted by Gasteiger charge is 2.13. The van der Waals surface area contributed by atoms with Gasteiger partial charge in [0.15, 0.2) is 0 Å². The van der Waals surface area contributed by atoms with Gasteiger partial charge < -0.3 is 0 Å². The summed E-state index contributed by atoms with van der Waals surface area (Å²) in [5.41, 5.74) is 3.29. The zero-order valence-corrected chi connectivity index (χ0v) is 11.1. The Morgan fingerprint density at radius 2 is 2.12 bits per heavy atom. The van der Waals surface area contributed by atoms with Crippen molar-refractivity contribution in [2.45, 2.75) is 11.8 Å². The van der Waals surface area contributed by atoms with Crippen molar-refractivity contribution in [2.24, 2.45) is 7.05 Å². The summed E-state index contributed by atoms with van der Waals surface area (Å²) in [6.07, 6.45) is 3.92. The Balaban J connectivity index is 2.62. The first-order valence-electron chi connectivity index (χ1n) is 4.96. The smallest absolute Gasteiger partial charge is 0.0829 e. The van der Waals surface area contributed by atoms with Crippen LogP contribution in [0, 0.1) is 6.92 Å². The van der Waals surface area contributed by atoms with E-state index in [0.29, 0.717) is 0 Å². The molecule has 4 heteroatoms. The van der Waals surface area contributed by atoms with Crippen molar-refractivity contribution in [3.05, 3.63) is 35.0 Å². The zero-order valence-electron chi connectivity index (χ0n) is 9.49. The highest BCUT2D eigenvalue weighted by molar-refractivity contribution is 7.98. The van der Waals surface area contributed by atoms with Crippen LogP contribution in [0.4, 0.5) is 0 Å². The molecule has 0 atom stereocenters. The van der Waals surface area contributed by atoms with Gasteiger partial charge in [0.25, 0.3) is 0 Å². The molecule has 0 spiro atoms. The summed E-state index contributed by atoms with van der Waals surface area (Å²) in [5, 5.41) is 5.04. The van der Waals surface area contributed by atoms with E-state index in [4.69, 9.17) is 11.6 Å². The third-order valence-electron chi connectivity index (χ3n) is 2.50. The van der Waals surface area contributed by atoms with E-state index in [2.05, 4.69) is 17.2 Å². The molecule has 1 aromatic heterocycles. The first-order chi connectivity index (χ1) is 7.63. The number of nitrogens with zero attached hydrogens (tertiary/aromatic N) is 2. The number of aromatic nitrogens is 2. The third-order valence-corrected chi connectivity index (χ3v) is 3.56. The lowest BCUT2D eigenvalue weighted by Crippen LogP contribution is -1.94. The van der Waals surface area contributed by atoms with Crippen LogP contribution in [0.3, 0.4) is 0 Å². The van der Waals surface area contributed by atoms with Gasteiger partial charge in [0.1, 0.15) is 0 Å². The molecule has 0 fully saturated rings. The van der Waals surface area contributed by atoms with Crippen LogP contribution < -0.4 is 0 Å². The zero-order chi connectivity index (χ0) is 11.7. The lowest BCUT2D eigenvalue weighted by atomic mass is 10.1. The van der Waals surface area contributed by atoms with Gasteiger partial charge in [-0.05, 0) is 24.8 Å². The lowest BCUT2D eigenvalue weighted by Gasteiger charge is -2.07. The van der Waals surface area contributed by atoms with Crippen LogP contribution in [0.15, 0.2) is 29.3 Å². The van der Waals surface area contributed by atoms with Crippen LogP contribution in [-0.4, -0.2) is 16.0 Å². The maximum absolute atomic E-state index is 6.27. The minimum Gasteiger partial charge on any atom is -0.267 e. The van der Waals surface area contributed by atoms with E-state index in [-0.39, 0.29) is 0 Å². The quantitative estimate of drug-likeness (QED) is 0.758. The van der Waals surface area contributed by atoms with E-state index in [1.807, 2.05) is 37.2 Å². The molecule has 84 valence electrons. The first kappa shape index (κ1) is 11.6. The molecule has 1 heterocycles. The molecule has 16 heavy (non-hydrogen) atoms. The standard InChI is InChI=1S/C12H13ClN2S/c1-8-4-5-9(10(13)6-8)12-11(16-3)7-14-15(12)2/h4-7H,1-3H3. The van der Waals surface area contributed by atoms with Crippen molar-refractivity contribution < 1.29 is 0 Å². The fraction of sp³-hybridized carbons (Fsp3) is 0.250. The van der Waals surface area contributed by atoms with Crippen molar-refractivity contribution in [3.8, 4) is 11.3 Å². The van der Waals surface area contributed by atoms with Crippen molar-refractivity contribution >= 4 is 23.4 Å². The van der Waals surface area contributed by atoms with Gasteiger partial charge in [-0.25, -0.2) is 0 Å². The fourth-order valence-corrected chi connectivity index (χ4v) is 2.60. The second-order valence-electron chi connectivity index (χ2n) is 3.67. The van der Waals surface area contributed by atoms with Crippen LogP contribution in [0.2, 0.25) is 5.02 Å². The maximum atomic E-state index is 6.27. The third kappa shape index (κ3) is 1.97. The molecular weight excluding hydrogens is 240 g/mol. The molecule has 0 unspecified atom stereocenters. The molecule has 0 aliphatic rings. The summed E-state index contributed by atoms with van der Waals surface area (Å²) >= 11 is 7.95. The van der Waals surface area contributed by atoms with Crippen LogP contribution in [0.5, 0.6) is 0 Å². The second kappa shape index (κ2) is 4.52. The number of rotatable bonds is 2. The van der Waals surface area contributed by atoms with Gasteiger partial charge in [0, 0.05) is 12.6 Å². The second-order valence-corrected chi connectivity index (χ2v) is 4.92. The monoisotopic (exact) mass is 252 g/mol. The molecule has 2 nitrogen and oxygen atoms in total. The molecule has 0 saturated heterocycles. The molecule has 0 amide bonds. The summed E-state index contributed by atoms with van der Waals surface area (Å²) in [5.74, 6) is 0. The highest BCUT2D eigenvalue weighted by Crippen LogP contribution is 2.34. The van der Waals surface area contributed by atoms with Crippen LogP contribution >= 0.6 is 23.4 Å². The molecule has 2 aromatic rings. The van der Waals surface area contributed by atoms with Gasteiger partial charge >= 0.3 is 0 Å². The molecule has 0 saturated carbocycles. The Hall–Kier alpha value is -0.930. The predicted octanol–water partition coefficient (Wildman–Crippen LogP) is 3.77. The number of thioether (sulfide) groups is 1. The Bertz CT molecular complexity index is 520. The van der Waals surface area contributed by atoms with Crippen molar-refractivity contribution in [2.75, 3.05) is 6.26 Å². The van der Waals surface area contributed by atoms with Crippen LogP contribution in [-0.2, 0) is 7.05 Å². The van der Waals surface area contributed by atoms with Gasteiger partial charge in [-0.15, -0.1) is 11.8 Å². The van der Waals surface area contributed by atoms with Gasteiger partial charge in [-0.2, -0.15) is 5.10 Å². The number of hydrogen-bond donors (Lipinski definition) is 0. The molecule has 0 aliphatic carbocycles. The maximum Gasteiger partial charge on any atom is 0.0829 e. The van der Waals surface area contributed by atoms with E-state index >= 15 is 0 Å². The Labute approximate surface area is 105 Å². The summed E-state index contributed by atoms with van der Waals surface area (Å²) in [6, 6.07) is 6.10. The van der Waals surface area contributed by atoms with Crippen LogP contribution in [0.25, 0.3) is 11.3 Å². The van der Waals surface area contributed by atoms with Crippen molar-refractivity contribution in [1.29, 1.82) is 0 Å². The topological polar surface area (TPSA) is 17.8 Å². The normalized spacial score (nSPS) is 10.8. The minimum absolute atomic E-state index is 0.777. The Kier molecular flexibility index (Phi) is 3.26. The van der Waals surface area contributed by atoms with E-state index in [1.165, 1.54) is 5.56 Å². The largest absolute Gasteiger partial charge is 0.267 e. The lowest BCUT2D eigenvalue weighted by molar-refractivity contribution is 0.775. The summed E-state index contributed by atoms with van der Waals surface area (Å²) in [7, 11) is 1.94. The van der Waals surface area contributed by atoms with E-state index in [1.54, 1.807) is 11.8 Å². The molecule has 0 N–H and O–H groups in total. The molecule has 0 aliphatic heterocycles. The Morgan fingerprint density at radius 1 is 1.38 bits per heavy atom. The Morgan fingerprint density at radius 3 is 2.75 bits per heavy atom. The summed E-state index contributed by atoms with van der Waals surface area (Å²) in [4.78, 5) is 1.15. The fourth-order valence-electron chi connectivity index (χ4n) is 1.69. The number of hydrogen-bond acceptors (Lipinski definition) is 2. The summed E-state index contributed by atoms with van der Waals surface area (Å²) < 4.78 is 1.86. The first-order valence-corrected chi connectivity index (χ1v) is 6.56. The number of benzene rings is 1. The molecule has 0 radical (unpaired) electrons. The SMILES string of the molecule is CSc1cnn(C)c1-c1ccc(C)cc1Cl. The number of halogens is 1. The van der Waals surface area contributed by atoms with Gasteiger partial charge in [-0.3, -0.25) is 4.68 Å². The van der Waals surface area contributed by atoms with Crippen LogP contribution in [0.1, 0.15) is 5.56 Å². The van der Waals surface area contributed by atoms with Gasteiger partial charge in [0.05, 0.1) is 21.8 Å². The highest BCUT2D eigenvalue weighted by atomic mass is 35.5.